The van der Waals surface area contributed by atoms with Gasteiger partial charge in [-0.25, -0.2) is 0 Å². The first-order valence-corrected chi connectivity index (χ1v) is 21.8. The molecule has 0 unspecified atom stereocenters. The molecule has 0 saturated heterocycles. The van der Waals surface area contributed by atoms with Gasteiger partial charge in [-0.1, -0.05) is 109 Å². The summed E-state index contributed by atoms with van der Waals surface area (Å²) in [5.74, 6) is 1.75. The fourth-order valence-corrected chi connectivity index (χ4v) is 9.47. The minimum absolute atomic E-state index is 0.0981. The second kappa shape index (κ2) is 15.6. The number of benzene rings is 9. The maximum absolute atomic E-state index is 7.37. The Morgan fingerprint density at radius 2 is 0.889 bits per heavy atom. The van der Waals surface area contributed by atoms with Gasteiger partial charge in [0.05, 0.1) is 0 Å². The summed E-state index contributed by atoms with van der Waals surface area (Å²) in [6.45, 7) is 8.63. The van der Waals surface area contributed by atoms with Crippen molar-refractivity contribution in [2.24, 2.45) is 0 Å². The van der Waals surface area contributed by atoms with Gasteiger partial charge in [-0.3, -0.25) is 0 Å². The monoisotopic (exact) mass is 811 g/mol. The minimum Gasteiger partial charge on any atom is -0.458 e. The third-order valence-electron chi connectivity index (χ3n) is 12.9. The number of ether oxygens (including phenoxy) is 1. The highest BCUT2D eigenvalue weighted by atomic mass is 16.5. The molecule has 0 radical (unpaired) electrons. The Morgan fingerprint density at radius 1 is 0.397 bits per heavy atom. The molecule has 9 aromatic rings. The first-order valence-electron chi connectivity index (χ1n) is 21.8. The lowest BCUT2D eigenvalue weighted by Crippen LogP contribution is -2.59. The van der Waals surface area contributed by atoms with Gasteiger partial charge < -0.3 is 19.4 Å². The molecular formula is C58H46BN3O. The van der Waals surface area contributed by atoms with E-state index < -0.39 is 0 Å². The SMILES string of the molecule is Cc1ccc(N(c2ccc(C)c(C)c2)c2ccc3c(c2)Oc2c(-c4ccccc4)ccc4c2B3c2ccc(N(c3ccccc3)c3ccccc3)cc2N4c2ccccc2)cc1C. The highest BCUT2D eigenvalue weighted by molar-refractivity contribution is 6.99. The Kier molecular flexibility index (Phi) is 9.46. The molecule has 2 aliphatic heterocycles. The molecule has 0 saturated carbocycles. The first kappa shape index (κ1) is 38.2. The highest BCUT2D eigenvalue weighted by Gasteiger charge is 2.43. The molecule has 0 aromatic heterocycles. The van der Waals surface area contributed by atoms with Crippen molar-refractivity contribution < 1.29 is 4.74 Å². The summed E-state index contributed by atoms with van der Waals surface area (Å²) in [6.07, 6.45) is 0. The van der Waals surface area contributed by atoms with Crippen molar-refractivity contribution in [2.75, 3.05) is 14.7 Å². The Morgan fingerprint density at radius 3 is 1.48 bits per heavy atom. The molecule has 4 nitrogen and oxygen atoms in total. The zero-order valence-electron chi connectivity index (χ0n) is 36.0. The van der Waals surface area contributed by atoms with Gasteiger partial charge in [-0.15, -0.1) is 0 Å². The maximum Gasteiger partial charge on any atom is 0.256 e. The van der Waals surface area contributed by atoms with Gasteiger partial charge in [-0.05, 0) is 163 Å². The summed E-state index contributed by atoms with van der Waals surface area (Å²) in [6, 6.07) is 74.6. The van der Waals surface area contributed by atoms with Crippen molar-refractivity contribution in [2.45, 2.75) is 27.7 Å². The van der Waals surface area contributed by atoms with Crippen LogP contribution in [0.15, 0.2) is 206 Å². The summed E-state index contributed by atoms with van der Waals surface area (Å²) in [5.41, 5.74) is 20.7. The van der Waals surface area contributed by atoms with Gasteiger partial charge in [0.15, 0.2) is 0 Å². The molecule has 0 aliphatic carbocycles. The van der Waals surface area contributed by atoms with Crippen molar-refractivity contribution in [1.82, 2.24) is 0 Å². The van der Waals surface area contributed by atoms with Crippen molar-refractivity contribution in [3.63, 3.8) is 0 Å². The van der Waals surface area contributed by atoms with E-state index in [9.17, 15) is 0 Å². The third-order valence-corrected chi connectivity index (χ3v) is 12.9. The zero-order chi connectivity index (χ0) is 42.6. The molecular weight excluding hydrogens is 765 g/mol. The number of anilines is 9. The molecule has 0 bridgehead atoms. The Bertz CT molecular complexity index is 3060. The van der Waals surface area contributed by atoms with Gasteiger partial charge in [0, 0.05) is 62.8 Å². The topological polar surface area (TPSA) is 19.0 Å². The molecule has 11 rings (SSSR count). The van der Waals surface area contributed by atoms with Gasteiger partial charge in [0.1, 0.15) is 11.5 Å². The quantitative estimate of drug-likeness (QED) is 0.142. The predicted octanol–water partition coefficient (Wildman–Crippen LogP) is 13.9. The van der Waals surface area contributed by atoms with Gasteiger partial charge in [0.2, 0.25) is 0 Å². The van der Waals surface area contributed by atoms with Crippen LogP contribution in [0.25, 0.3) is 11.1 Å². The number of aryl methyl sites for hydroxylation is 4. The molecule has 302 valence electrons. The number of hydrogen-bond acceptors (Lipinski definition) is 4. The molecule has 63 heavy (non-hydrogen) atoms. The predicted molar refractivity (Wildman–Crippen MR) is 266 cm³/mol. The Balaban J connectivity index is 1.15. The van der Waals surface area contributed by atoms with Crippen LogP contribution in [0, 0.1) is 27.7 Å². The second-order valence-electron chi connectivity index (χ2n) is 16.8. The lowest BCUT2D eigenvalue weighted by atomic mass is 9.34. The number of rotatable bonds is 8. The minimum atomic E-state index is -0.0981. The van der Waals surface area contributed by atoms with Crippen LogP contribution in [0.2, 0.25) is 0 Å². The Labute approximate surface area is 371 Å². The van der Waals surface area contributed by atoms with E-state index in [1.54, 1.807) is 0 Å². The molecule has 5 heteroatoms. The van der Waals surface area contributed by atoms with Crippen LogP contribution >= 0.6 is 0 Å². The molecule has 0 N–H and O–H groups in total. The lowest BCUT2D eigenvalue weighted by molar-refractivity contribution is 0.489. The van der Waals surface area contributed by atoms with Crippen LogP contribution in [-0.4, -0.2) is 6.71 Å². The summed E-state index contributed by atoms with van der Waals surface area (Å²) in [7, 11) is 0. The summed E-state index contributed by atoms with van der Waals surface area (Å²) in [5, 5.41) is 0. The molecule has 0 fully saturated rings. The largest absolute Gasteiger partial charge is 0.458 e. The first-order chi connectivity index (χ1) is 30.9. The van der Waals surface area contributed by atoms with E-state index in [0.717, 1.165) is 79.3 Å². The van der Waals surface area contributed by atoms with Crippen molar-refractivity contribution in [3.05, 3.63) is 229 Å². The summed E-state index contributed by atoms with van der Waals surface area (Å²) < 4.78 is 7.37. The fraction of sp³-hybridized carbons (Fsp3) is 0.0690. The van der Waals surface area contributed by atoms with E-state index in [1.807, 2.05) is 0 Å². The van der Waals surface area contributed by atoms with Crippen LogP contribution in [0.1, 0.15) is 22.3 Å². The average Bonchev–Trinajstić information content (AvgIpc) is 3.32. The van der Waals surface area contributed by atoms with Crippen molar-refractivity contribution in [3.8, 4) is 22.6 Å². The van der Waals surface area contributed by atoms with Gasteiger partial charge in [-0.2, -0.15) is 0 Å². The van der Waals surface area contributed by atoms with Crippen LogP contribution in [-0.2, 0) is 0 Å². The zero-order valence-corrected chi connectivity index (χ0v) is 36.0. The lowest BCUT2D eigenvalue weighted by Gasteiger charge is -2.41. The fourth-order valence-electron chi connectivity index (χ4n) is 9.47. The van der Waals surface area contributed by atoms with E-state index in [4.69, 9.17) is 4.74 Å². The van der Waals surface area contributed by atoms with E-state index in [0.29, 0.717) is 0 Å². The molecule has 9 aromatic carbocycles. The number of fused-ring (bicyclic) bond motifs is 4. The van der Waals surface area contributed by atoms with E-state index >= 15 is 0 Å². The number of hydrogen-bond donors (Lipinski definition) is 0. The van der Waals surface area contributed by atoms with Crippen LogP contribution in [0.3, 0.4) is 0 Å². The highest BCUT2D eigenvalue weighted by Crippen LogP contribution is 2.47. The standard InChI is InChI=1S/C58H46BN3O/c1-39-25-27-47(35-41(39)3)61(48-28-26-40(2)42(4)36-48)50-30-33-53-56(38-50)63-58-51(43-17-9-5-10-18-43)31-34-54-57(58)59(53)52-32-29-49(37-55(52)62(54)46-23-15-8-16-24-46)60(44-19-11-6-12-20-44)45-21-13-7-14-22-45/h5-38H,1-4H3. The maximum atomic E-state index is 7.37. The van der Waals surface area contributed by atoms with Gasteiger partial charge in [0.25, 0.3) is 6.71 Å². The smallest absolute Gasteiger partial charge is 0.256 e. The van der Waals surface area contributed by atoms with Crippen LogP contribution < -0.4 is 35.8 Å². The third kappa shape index (κ3) is 6.65. The summed E-state index contributed by atoms with van der Waals surface area (Å²) in [4.78, 5) is 7.15. The average molecular weight is 812 g/mol. The van der Waals surface area contributed by atoms with Gasteiger partial charge >= 0.3 is 0 Å². The van der Waals surface area contributed by atoms with Crippen LogP contribution in [0.5, 0.6) is 11.5 Å². The molecule has 2 aliphatic rings. The normalized spacial score (nSPS) is 12.2. The van der Waals surface area contributed by atoms with E-state index in [1.165, 1.54) is 33.2 Å². The molecule has 0 atom stereocenters. The molecule has 0 amide bonds. The van der Waals surface area contributed by atoms with Crippen molar-refractivity contribution in [1.29, 1.82) is 0 Å². The summed E-state index contributed by atoms with van der Waals surface area (Å²) >= 11 is 0. The van der Waals surface area contributed by atoms with E-state index in [-0.39, 0.29) is 6.71 Å². The van der Waals surface area contributed by atoms with Crippen LogP contribution in [0.4, 0.5) is 51.2 Å². The molecule has 0 spiro atoms. The van der Waals surface area contributed by atoms with E-state index in [2.05, 4.69) is 249 Å². The molecule has 2 heterocycles. The Hall–Kier alpha value is -7.76. The number of nitrogens with zero attached hydrogens (tertiary/aromatic N) is 3. The second-order valence-corrected chi connectivity index (χ2v) is 16.8. The number of para-hydroxylation sites is 3. The van der Waals surface area contributed by atoms with Crippen molar-refractivity contribution >= 4 is 74.3 Å².